The van der Waals surface area contributed by atoms with E-state index in [2.05, 4.69) is 15.5 Å². The number of hydrogen-bond acceptors (Lipinski definition) is 7. The van der Waals surface area contributed by atoms with Crippen LogP contribution in [0.15, 0.2) is 22.3 Å². The third kappa shape index (κ3) is 5.37. The Morgan fingerprint density at radius 1 is 1.46 bits per heavy atom. The maximum atomic E-state index is 11.6. The van der Waals surface area contributed by atoms with Crippen LogP contribution >= 0.6 is 23.4 Å². The highest BCUT2D eigenvalue weighted by Gasteiger charge is 2.32. The number of amidine groups is 1. The molecular formula is C16H18ClN3O5S. The highest BCUT2D eigenvalue weighted by molar-refractivity contribution is 8.15. The van der Waals surface area contributed by atoms with Gasteiger partial charge in [0, 0.05) is 11.6 Å². The van der Waals surface area contributed by atoms with E-state index in [0.29, 0.717) is 28.7 Å². The summed E-state index contributed by atoms with van der Waals surface area (Å²) in [7, 11) is 1.52. The molecule has 1 unspecified atom stereocenters. The van der Waals surface area contributed by atoms with Crippen LogP contribution in [-0.2, 0) is 9.59 Å². The summed E-state index contributed by atoms with van der Waals surface area (Å²) in [5.41, 5.74) is 0.563. The number of benzene rings is 1. The summed E-state index contributed by atoms with van der Waals surface area (Å²) < 4.78 is 10.9. The minimum absolute atomic E-state index is 0.239. The molecule has 10 heteroatoms. The van der Waals surface area contributed by atoms with Gasteiger partial charge >= 0.3 is 5.97 Å². The lowest BCUT2D eigenvalue weighted by Crippen LogP contribution is -2.26. The molecule has 1 atom stereocenters. The molecule has 1 aromatic rings. The number of ether oxygens (including phenoxy) is 2. The third-order valence-electron chi connectivity index (χ3n) is 3.23. The van der Waals surface area contributed by atoms with E-state index in [1.807, 2.05) is 6.92 Å². The van der Waals surface area contributed by atoms with E-state index in [1.165, 1.54) is 13.3 Å². The molecule has 2 N–H and O–H groups in total. The molecule has 1 aliphatic rings. The first kappa shape index (κ1) is 20.1. The summed E-state index contributed by atoms with van der Waals surface area (Å²) in [4.78, 5) is 22.3. The number of carboxylic acid groups (broad SMARTS) is 1. The van der Waals surface area contributed by atoms with Crippen molar-refractivity contribution in [3.05, 3.63) is 22.7 Å². The number of carbonyl (C=O) groups excluding carboxylic acids is 1. The van der Waals surface area contributed by atoms with Gasteiger partial charge in [-0.1, -0.05) is 30.3 Å². The Labute approximate surface area is 159 Å². The van der Waals surface area contributed by atoms with Crippen molar-refractivity contribution in [1.29, 1.82) is 0 Å². The molecular weight excluding hydrogens is 382 g/mol. The number of carbonyl (C=O) groups is 2. The first-order valence-corrected chi connectivity index (χ1v) is 9.01. The van der Waals surface area contributed by atoms with Crippen molar-refractivity contribution in [2.24, 2.45) is 10.2 Å². The lowest BCUT2D eigenvalue weighted by atomic mass is 10.2. The van der Waals surface area contributed by atoms with Gasteiger partial charge in [0.15, 0.2) is 16.7 Å². The zero-order chi connectivity index (χ0) is 19.1. The van der Waals surface area contributed by atoms with Crippen molar-refractivity contribution >= 4 is 46.6 Å². The number of amides is 1. The maximum absolute atomic E-state index is 11.6. The number of halogens is 1. The number of hydrogen-bond donors (Lipinski definition) is 2. The summed E-state index contributed by atoms with van der Waals surface area (Å²) in [5, 5.41) is 19.0. The van der Waals surface area contributed by atoms with E-state index in [1.54, 1.807) is 12.1 Å². The van der Waals surface area contributed by atoms with Gasteiger partial charge in [-0.3, -0.25) is 9.59 Å². The predicted molar refractivity (Wildman–Crippen MR) is 101 cm³/mol. The Morgan fingerprint density at radius 3 is 2.88 bits per heavy atom. The summed E-state index contributed by atoms with van der Waals surface area (Å²) in [6, 6.07) is 3.31. The second-order valence-electron chi connectivity index (χ2n) is 5.22. The average Bonchev–Trinajstić information content (AvgIpc) is 2.93. The number of rotatable bonds is 8. The Morgan fingerprint density at radius 2 is 2.23 bits per heavy atom. The molecule has 26 heavy (non-hydrogen) atoms. The third-order valence-corrected chi connectivity index (χ3v) is 4.63. The van der Waals surface area contributed by atoms with Gasteiger partial charge in [-0.2, -0.15) is 5.10 Å². The standard InChI is InChI=1S/C16H18ClN3O5S/c1-3-4-25-12-6-10(17)9(5-11(12)24-2)8-18-20-16-19-15(23)13(26-16)7-14(21)22/h5-6,8,13H,3-4,7H2,1-2H3,(H,21,22)(H,19,20,23). The van der Waals surface area contributed by atoms with Crippen LogP contribution in [0.2, 0.25) is 5.02 Å². The van der Waals surface area contributed by atoms with E-state index in [0.717, 1.165) is 18.2 Å². The van der Waals surface area contributed by atoms with Crippen LogP contribution in [0.25, 0.3) is 0 Å². The summed E-state index contributed by atoms with van der Waals surface area (Å²) in [6.45, 7) is 2.54. The van der Waals surface area contributed by atoms with Crippen molar-refractivity contribution < 1.29 is 24.2 Å². The van der Waals surface area contributed by atoms with Gasteiger partial charge in [-0.15, -0.1) is 5.10 Å². The number of nitrogens with one attached hydrogen (secondary N) is 1. The van der Waals surface area contributed by atoms with E-state index < -0.39 is 17.1 Å². The van der Waals surface area contributed by atoms with Crippen molar-refractivity contribution in [3.63, 3.8) is 0 Å². The molecule has 0 spiro atoms. The van der Waals surface area contributed by atoms with Crippen molar-refractivity contribution in [2.45, 2.75) is 25.0 Å². The molecule has 0 aliphatic carbocycles. The molecule has 1 fully saturated rings. The lowest BCUT2D eigenvalue weighted by Gasteiger charge is -2.11. The number of methoxy groups -OCH3 is 1. The Kier molecular flexibility index (Phi) is 7.28. The van der Waals surface area contributed by atoms with Crippen LogP contribution in [0.3, 0.4) is 0 Å². The molecule has 1 amide bonds. The van der Waals surface area contributed by atoms with Gasteiger partial charge in [0.25, 0.3) is 0 Å². The molecule has 140 valence electrons. The fourth-order valence-electron chi connectivity index (χ4n) is 2.02. The van der Waals surface area contributed by atoms with E-state index in [9.17, 15) is 9.59 Å². The molecule has 1 aliphatic heterocycles. The summed E-state index contributed by atoms with van der Waals surface area (Å²) in [5.74, 6) is -0.393. The van der Waals surface area contributed by atoms with Crippen LogP contribution in [0.5, 0.6) is 11.5 Å². The van der Waals surface area contributed by atoms with Crippen molar-refractivity contribution in [1.82, 2.24) is 5.32 Å². The van der Waals surface area contributed by atoms with Crippen LogP contribution in [0, 0.1) is 0 Å². The fourth-order valence-corrected chi connectivity index (χ4v) is 3.14. The number of nitrogens with zero attached hydrogens (tertiary/aromatic N) is 2. The maximum Gasteiger partial charge on any atom is 0.305 e. The van der Waals surface area contributed by atoms with Gasteiger partial charge in [-0.25, -0.2) is 0 Å². The molecule has 2 rings (SSSR count). The smallest absolute Gasteiger partial charge is 0.305 e. The molecule has 0 bridgehead atoms. The highest BCUT2D eigenvalue weighted by Crippen LogP contribution is 2.33. The normalized spacial score (nSPS) is 18.3. The molecule has 1 heterocycles. The largest absolute Gasteiger partial charge is 0.493 e. The van der Waals surface area contributed by atoms with Gasteiger partial charge < -0.3 is 19.9 Å². The van der Waals surface area contributed by atoms with E-state index in [-0.39, 0.29) is 11.6 Å². The Bertz CT molecular complexity index is 754. The van der Waals surface area contributed by atoms with E-state index in [4.69, 9.17) is 26.2 Å². The minimum Gasteiger partial charge on any atom is -0.493 e. The predicted octanol–water partition coefficient (Wildman–Crippen LogP) is 2.53. The van der Waals surface area contributed by atoms with Crippen LogP contribution in [-0.4, -0.2) is 47.3 Å². The van der Waals surface area contributed by atoms with Crippen molar-refractivity contribution in [2.75, 3.05) is 13.7 Å². The second kappa shape index (κ2) is 9.44. The number of aliphatic carboxylic acids is 1. The lowest BCUT2D eigenvalue weighted by molar-refractivity contribution is -0.138. The first-order chi connectivity index (χ1) is 12.4. The average molecular weight is 400 g/mol. The number of thioether (sulfide) groups is 1. The van der Waals surface area contributed by atoms with Gasteiger partial charge in [0.2, 0.25) is 5.91 Å². The second-order valence-corrected chi connectivity index (χ2v) is 6.82. The van der Waals surface area contributed by atoms with Crippen LogP contribution in [0.4, 0.5) is 0 Å². The van der Waals surface area contributed by atoms with Gasteiger partial charge in [0.1, 0.15) is 5.25 Å². The topological polar surface area (TPSA) is 110 Å². The molecule has 0 radical (unpaired) electrons. The summed E-state index contributed by atoms with van der Waals surface area (Å²) in [6.07, 6.45) is 1.99. The van der Waals surface area contributed by atoms with Crippen LogP contribution < -0.4 is 14.8 Å². The van der Waals surface area contributed by atoms with E-state index >= 15 is 0 Å². The molecule has 1 saturated heterocycles. The number of carboxylic acids is 1. The molecule has 8 nitrogen and oxygen atoms in total. The Balaban J connectivity index is 2.10. The monoisotopic (exact) mass is 399 g/mol. The minimum atomic E-state index is -1.05. The molecule has 0 saturated carbocycles. The first-order valence-electron chi connectivity index (χ1n) is 7.75. The zero-order valence-corrected chi connectivity index (χ0v) is 15.8. The fraction of sp³-hybridized carbons (Fsp3) is 0.375. The van der Waals surface area contributed by atoms with Crippen LogP contribution in [0.1, 0.15) is 25.3 Å². The highest BCUT2D eigenvalue weighted by atomic mass is 35.5. The van der Waals surface area contributed by atoms with Crippen molar-refractivity contribution in [3.8, 4) is 11.5 Å². The quantitative estimate of drug-likeness (QED) is 0.513. The zero-order valence-electron chi connectivity index (χ0n) is 14.2. The SMILES string of the molecule is CCCOc1cc(Cl)c(C=NN=C2NC(=O)C(CC(=O)O)S2)cc1OC. The Hall–Kier alpha value is -2.26. The molecule has 0 aromatic heterocycles. The molecule has 1 aromatic carbocycles. The van der Waals surface area contributed by atoms with Gasteiger partial charge in [0.05, 0.1) is 31.4 Å². The summed E-state index contributed by atoms with van der Waals surface area (Å²) >= 11 is 7.24. The van der Waals surface area contributed by atoms with Gasteiger partial charge in [-0.05, 0) is 12.5 Å².